The van der Waals surface area contributed by atoms with Crippen LogP contribution in [0, 0.1) is 0 Å². The van der Waals surface area contributed by atoms with E-state index in [0.29, 0.717) is 15.8 Å². The Hall–Kier alpha value is -1.86. The number of phenols is 1. The summed E-state index contributed by atoms with van der Waals surface area (Å²) in [5.41, 5.74) is 2.79. The topological polar surface area (TPSA) is 70.9 Å². The van der Waals surface area contributed by atoms with Crippen LogP contribution in [0.5, 0.6) is 11.5 Å². The van der Waals surface area contributed by atoms with Gasteiger partial charge in [0.2, 0.25) is 0 Å². The molecule has 0 saturated carbocycles. The normalized spacial score (nSPS) is 10.6. The van der Waals surface area contributed by atoms with Crippen molar-refractivity contribution in [2.24, 2.45) is 5.10 Å². The lowest BCUT2D eigenvalue weighted by Crippen LogP contribution is -2.24. The molecular weight excluding hydrogens is 416 g/mol. The predicted octanol–water partition coefficient (Wildman–Crippen LogP) is 3.45. The highest BCUT2D eigenvalue weighted by atomic mass is 79.9. The van der Waals surface area contributed by atoms with E-state index in [-0.39, 0.29) is 12.4 Å². The number of carbonyl (C=O) groups is 1. The van der Waals surface area contributed by atoms with E-state index in [0.717, 1.165) is 4.47 Å². The molecule has 0 aliphatic heterocycles. The summed E-state index contributed by atoms with van der Waals surface area (Å²) >= 11 is 6.53. The molecule has 0 radical (unpaired) electrons. The zero-order chi connectivity index (χ0) is 15.9. The molecule has 0 aliphatic rings. The molecule has 2 aromatic carbocycles. The fourth-order valence-electron chi connectivity index (χ4n) is 1.56. The largest absolute Gasteiger partial charge is 0.506 e. The second kappa shape index (κ2) is 7.95. The quantitative estimate of drug-likeness (QED) is 0.567. The summed E-state index contributed by atoms with van der Waals surface area (Å²) in [6, 6.07) is 12.4. The highest BCUT2D eigenvalue weighted by Gasteiger charge is 2.06. The molecule has 2 aromatic rings. The number of aromatic hydroxyl groups is 1. The Morgan fingerprint density at radius 2 is 2.00 bits per heavy atom. The van der Waals surface area contributed by atoms with E-state index < -0.39 is 5.91 Å². The molecule has 0 bridgehead atoms. The molecule has 22 heavy (non-hydrogen) atoms. The van der Waals surface area contributed by atoms with E-state index in [4.69, 9.17) is 4.74 Å². The highest BCUT2D eigenvalue weighted by molar-refractivity contribution is 9.11. The molecule has 7 heteroatoms. The number of nitrogens with one attached hydrogen (secondary N) is 1. The Kier molecular flexibility index (Phi) is 5.97. The van der Waals surface area contributed by atoms with Gasteiger partial charge >= 0.3 is 0 Å². The molecular formula is C15H12Br2N2O3. The molecule has 0 fully saturated rings. The Bertz CT molecular complexity index is 691. The fraction of sp³-hybridized carbons (Fsp3) is 0.0667. The minimum atomic E-state index is -0.395. The van der Waals surface area contributed by atoms with Crippen LogP contribution in [0.2, 0.25) is 0 Å². The van der Waals surface area contributed by atoms with Gasteiger partial charge in [-0.15, -0.1) is 0 Å². The van der Waals surface area contributed by atoms with Gasteiger partial charge in [0.25, 0.3) is 5.91 Å². The summed E-state index contributed by atoms with van der Waals surface area (Å²) in [6.45, 7) is -0.143. The average Bonchev–Trinajstić information content (AvgIpc) is 2.51. The summed E-state index contributed by atoms with van der Waals surface area (Å²) in [5.74, 6) is 0.255. The van der Waals surface area contributed by atoms with E-state index in [1.807, 2.05) is 18.2 Å². The minimum absolute atomic E-state index is 0.0433. The lowest BCUT2D eigenvalue weighted by atomic mass is 10.2. The molecule has 0 spiro atoms. The second-order valence-electron chi connectivity index (χ2n) is 4.22. The third-order valence-electron chi connectivity index (χ3n) is 2.56. The van der Waals surface area contributed by atoms with Crippen molar-refractivity contribution < 1.29 is 14.6 Å². The number of benzene rings is 2. The smallest absolute Gasteiger partial charge is 0.277 e. The number of rotatable bonds is 5. The van der Waals surface area contributed by atoms with Crippen LogP contribution in [-0.2, 0) is 4.79 Å². The Balaban J connectivity index is 1.88. The van der Waals surface area contributed by atoms with Crippen molar-refractivity contribution in [1.29, 1.82) is 0 Å². The van der Waals surface area contributed by atoms with Gasteiger partial charge in [0, 0.05) is 10.0 Å². The first-order chi connectivity index (χ1) is 10.6. The molecule has 114 valence electrons. The van der Waals surface area contributed by atoms with E-state index in [9.17, 15) is 9.90 Å². The van der Waals surface area contributed by atoms with Crippen LogP contribution >= 0.6 is 31.9 Å². The summed E-state index contributed by atoms with van der Waals surface area (Å²) in [7, 11) is 0. The monoisotopic (exact) mass is 426 g/mol. The first kappa shape index (κ1) is 16.5. The minimum Gasteiger partial charge on any atom is -0.506 e. The Labute approximate surface area is 144 Å². The summed E-state index contributed by atoms with van der Waals surface area (Å²) in [5, 5.41) is 13.6. The van der Waals surface area contributed by atoms with Crippen molar-refractivity contribution in [1.82, 2.24) is 5.43 Å². The van der Waals surface area contributed by atoms with Gasteiger partial charge in [-0.3, -0.25) is 4.79 Å². The molecule has 0 heterocycles. The van der Waals surface area contributed by atoms with Crippen LogP contribution in [-0.4, -0.2) is 23.8 Å². The molecule has 0 saturated heterocycles. The molecule has 0 unspecified atom stereocenters. The highest BCUT2D eigenvalue weighted by Crippen LogP contribution is 2.30. The molecule has 0 atom stereocenters. The van der Waals surface area contributed by atoms with Crippen molar-refractivity contribution >= 4 is 44.0 Å². The molecule has 2 rings (SSSR count). The number of hydrogen-bond donors (Lipinski definition) is 2. The van der Waals surface area contributed by atoms with Crippen molar-refractivity contribution in [2.75, 3.05) is 6.61 Å². The van der Waals surface area contributed by atoms with Crippen LogP contribution in [0.3, 0.4) is 0 Å². The van der Waals surface area contributed by atoms with Gasteiger partial charge in [-0.05, 0) is 40.2 Å². The maximum absolute atomic E-state index is 11.6. The van der Waals surface area contributed by atoms with E-state index in [1.54, 1.807) is 24.3 Å². The molecule has 2 N–H and O–H groups in total. The summed E-state index contributed by atoms with van der Waals surface area (Å²) < 4.78 is 6.59. The van der Waals surface area contributed by atoms with Crippen LogP contribution in [0.25, 0.3) is 0 Å². The first-order valence-corrected chi connectivity index (χ1v) is 7.82. The van der Waals surface area contributed by atoms with Crippen LogP contribution in [0.15, 0.2) is 56.5 Å². The van der Waals surface area contributed by atoms with E-state index in [1.165, 1.54) is 6.21 Å². The van der Waals surface area contributed by atoms with E-state index >= 15 is 0 Å². The third-order valence-corrected chi connectivity index (χ3v) is 3.63. The Morgan fingerprint density at radius 1 is 1.27 bits per heavy atom. The van der Waals surface area contributed by atoms with E-state index in [2.05, 4.69) is 42.4 Å². The van der Waals surface area contributed by atoms with Gasteiger partial charge in [0.05, 0.1) is 10.7 Å². The van der Waals surface area contributed by atoms with Crippen molar-refractivity contribution in [3.63, 3.8) is 0 Å². The fourth-order valence-corrected chi connectivity index (χ4v) is 2.81. The molecule has 1 amide bonds. The number of amides is 1. The molecule has 5 nitrogen and oxygen atoms in total. The first-order valence-electron chi connectivity index (χ1n) is 6.24. The lowest BCUT2D eigenvalue weighted by molar-refractivity contribution is -0.123. The molecule has 0 aliphatic carbocycles. The number of phenolic OH excluding ortho intramolecular Hbond substituents is 1. The number of carbonyl (C=O) groups excluding carboxylic acids is 1. The maximum atomic E-state index is 11.6. The van der Waals surface area contributed by atoms with Crippen LogP contribution in [0.1, 0.15) is 5.56 Å². The number of hydrazone groups is 1. The van der Waals surface area contributed by atoms with Crippen molar-refractivity contribution in [3.05, 3.63) is 57.0 Å². The zero-order valence-electron chi connectivity index (χ0n) is 11.3. The number of para-hydroxylation sites is 1. The van der Waals surface area contributed by atoms with Gasteiger partial charge < -0.3 is 9.84 Å². The average molecular weight is 428 g/mol. The predicted molar refractivity (Wildman–Crippen MR) is 91.2 cm³/mol. The van der Waals surface area contributed by atoms with Gasteiger partial charge in [-0.1, -0.05) is 34.1 Å². The van der Waals surface area contributed by atoms with Crippen molar-refractivity contribution in [3.8, 4) is 11.5 Å². The number of hydrogen-bond acceptors (Lipinski definition) is 4. The number of ether oxygens (including phenoxy) is 1. The third kappa shape index (κ3) is 4.85. The van der Waals surface area contributed by atoms with Crippen LogP contribution < -0.4 is 10.2 Å². The summed E-state index contributed by atoms with van der Waals surface area (Å²) in [6.07, 6.45) is 1.35. The van der Waals surface area contributed by atoms with Crippen molar-refractivity contribution in [2.45, 2.75) is 0 Å². The number of halogens is 2. The Morgan fingerprint density at radius 3 is 2.73 bits per heavy atom. The second-order valence-corrected chi connectivity index (χ2v) is 5.99. The van der Waals surface area contributed by atoms with Gasteiger partial charge in [0.1, 0.15) is 11.5 Å². The van der Waals surface area contributed by atoms with Gasteiger partial charge in [0.15, 0.2) is 6.61 Å². The SMILES string of the molecule is O=C(COc1ccccc1)N/N=C\c1cc(Br)cc(Br)c1O. The summed E-state index contributed by atoms with van der Waals surface area (Å²) in [4.78, 5) is 11.6. The maximum Gasteiger partial charge on any atom is 0.277 e. The number of nitrogens with zero attached hydrogens (tertiary/aromatic N) is 1. The van der Waals surface area contributed by atoms with Gasteiger partial charge in [-0.2, -0.15) is 5.10 Å². The lowest BCUT2D eigenvalue weighted by Gasteiger charge is -2.05. The molecule has 0 aromatic heterocycles. The van der Waals surface area contributed by atoms with Gasteiger partial charge in [-0.25, -0.2) is 5.43 Å². The van der Waals surface area contributed by atoms with Crippen LogP contribution in [0.4, 0.5) is 0 Å². The standard InChI is InChI=1S/C15H12Br2N2O3/c16-11-6-10(15(21)13(17)7-11)8-18-19-14(20)9-22-12-4-2-1-3-5-12/h1-8,21H,9H2,(H,19,20)/b18-8-. The zero-order valence-corrected chi connectivity index (χ0v) is 14.5.